The van der Waals surface area contributed by atoms with E-state index in [1.54, 1.807) is 0 Å². The van der Waals surface area contributed by atoms with Crippen LogP contribution in [0.15, 0.2) is 188 Å². The summed E-state index contributed by atoms with van der Waals surface area (Å²) < 4.78 is 0. The molecule has 0 bridgehead atoms. The van der Waals surface area contributed by atoms with Gasteiger partial charge in [-0.15, -0.1) is 0 Å². The minimum absolute atomic E-state index is 0.501. The molecule has 53 heavy (non-hydrogen) atoms. The molecular weight excluding hydrogens is 643 g/mol. The Balaban J connectivity index is 1.19. The van der Waals surface area contributed by atoms with Crippen molar-refractivity contribution in [3.05, 3.63) is 210 Å². The van der Waals surface area contributed by atoms with Gasteiger partial charge in [0.1, 0.15) is 0 Å². The van der Waals surface area contributed by atoms with Crippen LogP contribution in [0, 0.1) is 0 Å². The van der Waals surface area contributed by atoms with Gasteiger partial charge in [0.15, 0.2) is 0 Å². The summed E-state index contributed by atoms with van der Waals surface area (Å²) in [6.45, 7) is 0. The van der Waals surface area contributed by atoms with E-state index < -0.39 is 5.41 Å². The molecule has 0 N–H and O–H groups in total. The first-order valence-corrected chi connectivity index (χ1v) is 18.1. The fourth-order valence-corrected chi connectivity index (χ4v) is 8.82. The van der Waals surface area contributed by atoms with E-state index in [1.165, 1.54) is 38.8 Å². The van der Waals surface area contributed by atoms with Gasteiger partial charge in [-0.2, -0.15) is 0 Å². The highest BCUT2D eigenvalue weighted by Crippen LogP contribution is 2.57. The molecule has 1 aliphatic carbocycles. The number of hydrogen-bond acceptors (Lipinski definition) is 3. The summed E-state index contributed by atoms with van der Waals surface area (Å²) >= 11 is 0. The number of fused-ring (bicyclic) bond motifs is 9. The summed E-state index contributed by atoms with van der Waals surface area (Å²) in [6.07, 6.45) is 1.84. The van der Waals surface area contributed by atoms with Gasteiger partial charge < -0.3 is 0 Å². The molecule has 0 amide bonds. The Morgan fingerprint density at radius 3 is 1.92 bits per heavy atom. The molecule has 0 saturated carbocycles. The molecule has 0 unspecified atom stereocenters. The molecule has 11 rings (SSSR count). The Labute approximate surface area is 306 Å². The number of hydrogen-bond donors (Lipinski definition) is 0. The molecule has 0 radical (unpaired) electrons. The van der Waals surface area contributed by atoms with Crippen LogP contribution in [-0.4, -0.2) is 15.0 Å². The second-order valence-corrected chi connectivity index (χ2v) is 13.9. The largest absolute Gasteiger partial charge is 0.254 e. The first kappa shape index (κ1) is 29.7. The van der Waals surface area contributed by atoms with Crippen molar-refractivity contribution in [2.75, 3.05) is 0 Å². The maximum Gasteiger partial charge on any atom is 0.0972 e. The second-order valence-electron chi connectivity index (χ2n) is 13.9. The van der Waals surface area contributed by atoms with E-state index >= 15 is 0 Å². The van der Waals surface area contributed by atoms with E-state index in [-0.39, 0.29) is 0 Å². The van der Waals surface area contributed by atoms with Crippen molar-refractivity contribution in [1.82, 2.24) is 15.0 Å². The lowest BCUT2D eigenvalue weighted by Crippen LogP contribution is -2.28. The van der Waals surface area contributed by atoms with Crippen LogP contribution in [-0.2, 0) is 5.41 Å². The summed E-state index contributed by atoms with van der Waals surface area (Å²) in [5, 5.41) is 5.64. The third kappa shape index (κ3) is 4.38. The quantitative estimate of drug-likeness (QED) is 0.175. The van der Waals surface area contributed by atoms with Crippen LogP contribution < -0.4 is 0 Å². The highest BCUT2D eigenvalue weighted by Gasteiger charge is 2.46. The Morgan fingerprint density at radius 1 is 0.396 bits per heavy atom. The standard InChI is InChI=1S/C50H31N3/c1-3-16-36(17-4-1)50(37-18-5-2-6-19-37)43-22-9-7-20-38(43)41-30-40-39-21-8-10-23-46(39)53-47(42(40)31-44(41)50)35-14-11-13-34(29-35)45-27-26-33-25-24-32-15-12-28-51-48(32)49(33)52-45/h1-31H. The van der Waals surface area contributed by atoms with E-state index in [9.17, 15) is 0 Å². The average Bonchev–Trinajstić information content (AvgIpc) is 3.53. The first-order chi connectivity index (χ1) is 26.3. The highest BCUT2D eigenvalue weighted by molar-refractivity contribution is 6.13. The van der Waals surface area contributed by atoms with Crippen molar-refractivity contribution >= 4 is 43.5 Å². The predicted molar refractivity (Wildman–Crippen MR) is 218 cm³/mol. The number of benzene rings is 7. The van der Waals surface area contributed by atoms with Crippen molar-refractivity contribution in [2.24, 2.45) is 0 Å². The smallest absolute Gasteiger partial charge is 0.0972 e. The molecule has 3 nitrogen and oxygen atoms in total. The van der Waals surface area contributed by atoms with Crippen molar-refractivity contribution in [2.45, 2.75) is 5.41 Å². The molecule has 0 spiro atoms. The van der Waals surface area contributed by atoms with Gasteiger partial charge >= 0.3 is 0 Å². The van der Waals surface area contributed by atoms with Crippen LogP contribution in [0.5, 0.6) is 0 Å². The molecule has 0 saturated heterocycles. The Bertz CT molecular complexity index is 3020. The monoisotopic (exact) mass is 673 g/mol. The van der Waals surface area contributed by atoms with E-state index in [4.69, 9.17) is 15.0 Å². The van der Waals surface area contributed by atoms with Gasteiger partial charge in [0, 0.05) is 38.9 Å². The molecule has 0 aliphatic heterocycles. The van der Waals surface area contributed by atoms with Gasteiger partial charge in [-0.1, -0.05) is 146 Å². The fourth-order valence-electron chi connectivity index (χ4n) is 8.82. The Hall–Kier alpha value is -6.97. The molecule has 0 atom stereocenters. The summed E-state index contributed by atoms with van der Waals surface area (Å²) in [5.41, 5.74) is 13.9. The van der Waals surface area contributed by atoms with E-state index in [1.807, 2.05) is 12.3 Å². The zero-order chi connectivity index (χ0) is 34.9. The zero-order valence-electron chi connectivity index (χ0n) is 28.7. The van der Waals surface area contributed by atoms with Crippen LogP contribution >= 0.6 is 0 Å². The van der Waals surface area contributed by atoms with Gasteiger partial charge in [-0.3, -0.25) is 4.98 Å². The van der Waals surface area contributed by atoms with E-state index in [2.05, 4.69) is 176 Å². The highest BCUT2D eigenvalue weighted by atomic mass is 14.8. The summed E-state index contributed by atoms with van der Waals surface area (Å²) in [5.74, 6) is 0. The van der Waals surface area contributed by atoms with E-state index in [0.29, 0.717) is 0 Å². The molecular formula is C50H31N3. The number of rotatable bonds is 4. The molecule has 3 heteroatoms. The molecule has 0 fully saturated rings. The normalized spacial score (nSPS) is 13.1. The number of para-hydroxylation sites is 1. The maximum absolute atomic E-state index is 5.44. The van der Waals surface area contributed by atoms with Gasteiger partial charge in [0.2, 0.25) is 0 Å². The first-order valence-electron chi connectivity index (χ1n) is 18.1. The maximum atomic E-state index is 5.44. The molecule has 246 valence electrons. The second kappa shape index (κ2) is 11.5. The number of aromatic nitrogens is 3. The van der Waals surface area contributed by atoms with Gasteiger partial charge in [0.05, 0.1) is 33.4 Å². The lowest BCUT2D eigenvalue weighted by molar-refractivity contribution is 0.769. The minimum Gasteiger partial charge on any atom is -0.254 e. The minimum atomic E-state index is -0.501. The van der Waals surface area contributed by atoms with Gasteiger partial charge in [-0.05, 0) is 75.2 Å². The zero-order valence-corrected chi connectivity index (χ0v) is 28.7. The number of pyridine rings is 3. The van der Waals surface area contributed by atoms with Crippen LogP contribution in [0.1, 0.15) is 22.3 Å². The average molecular weight is 674 g/mol. The summed E-state index contributed by atoms with van der Waals surface area (Å²) in [4.78, 5) is 15.3. The van der Waals surface area contributed by atoms with Crippen molar-refractivity contribution in [1.29, 1.82) is 0 Å². The van der Waals surface area contributed by atoms with Crippen molar-refractivity contribution in [3.63, 3.8) is 0 Å². The SMILES string of the molecule is c1ccc(C2(c3ccccc3)c3ccccc3-c3cc4c(cc32)c(-c2cccc(-c3ccc5ccc6cccnc6c5n3)c2)nc2ccccc24)cc1. The van der Waals surface area contributed by atoms with Gasteiger partial charge in [0.25, 0.3) is 0 Å². The van der Waals surface area contributed by atoms with Gasteiger partial charge in [-0.25, -0.2) is 9.97 Å². The Morgan fingerprint density at radius 2 is 1.09 bits per heavy atom. The molecule has 10 aromatic rings. The lowest BCUT2D eigenvalue weighted by Gasteiger charge is -2.34. The topological polar surface area (TPSA) is 38.7 Å². The van der Waals surface area contributed by atoms with Crippen LogP contribution in [0.3, 0.4) is 0 Å². The molecule has 3 heterocycles. The van der Waals surface area contributed by atoms with Crippen molar-refractivity contribution < 1.29 is 0 Å². The van der Waals surface area contributed by atoms with Crippen LogP contribution in [0.2, 0.25) is 0 Å². The Kier molecular flexibility index (Phi) is 6.47. The van der Waals surface area contributed by atoms with Crippen molar-refractivity contribution in [3.8, 4) is 33.6 Å². The number of nitrogens with zero attached hydrogens (tertiary/aromatic N) is 3. The fraction of sp³-hybridized carbons (Fsp3) is 0.0200. The van der Waals surface area contributed by atoms with Crippen LogP contribution in [0.4, 0.5) is 0 Å². The third-order valence-electron chi connectivity index (χ3n) is 11.1. The third-order valence-corrected chi connectivity index (χ3v) is 11.1. The molecule has 3 aromatic heterocycles. The predicted octanol–water partition coefficient (Wildman–Crippen LogP) is 12.2. The molecule has 1 aliphatic rings. The van der Waals surface area contributed by atoms with Crippen LogP contribution in [0.25, 0.3) is 77.1 Å². The summed E-state index contributed by atoms with van der Waals surface area (Å²) in [6, 6.07) is 65.6. The van der Waals surface area contributed by atoms with E-state index in [0.717, 1.165) is 60.6 Å². The summed E-state index contributed by atoms with van der Waals surface area (Å²) in [7, 11) is 0. The molecule has 7 aromatic carbocycles. The lowest BCUT2D eigenvalue weighted by atomic mass is 9.67.